The molecular formula is C21H24N2O3. The van der Waals surface area contributed by atoms with E-state index >= 15 is 0 Å². The van der Waals surface area contributed by atoms with E-state index in [1.54, 1.807) is 0 Å². The molecule has 0 unspecified atom stereocenters. The molecule has 0 spiro atoms. The van der Waals surface area contributed by atoms with Crippen LogP contribution in [0.15, 0.2) is 35.1 Å². The van der Waals surface area contributed by atoms with Crippen LogP contribution in [0.5, 0.6) is 0 Å². The first-order valence-electron chi connectivity index (χ1n) is 9.32. The van der Waals surface area contributed by atoms with Gasteiger partial charge in [-0.05, 0) is 59.9 Å². The molecule has 1 aliphatic carbocycles. The van der Waals surface area contributed by atoms with Gasteiger partial charge in [0.2, 0.25) is 0 Å². The van der Waals surface area contributed by atoms with Gasteiger partial charge in [0, 0.05) is 18.8 Å². The summed E-state index contributed by atoms with van der Waals surface area (Å²) in [4.78, 5) is 28.5. The number of carbonyl (C=O) groups is 1. The van der Waals surface area contributed by atoms with Gasteiger partial charge in [-0.25, -0.2) is 4.79 Å². The zero-order valence-electron chi connectivity index (χ0n) is 15.2. The fourth-order valence-corrected chi connectivity index (χ4v) is 4.57. The van der Waals surface area contributed by atoms with Gasteiger partial charge >= 0.3 is 5.97 Å². The maximum absolute atomic E-state index is 12.1. The van der Waals surface area contributed by atoms with E-state index in [4.69, 9.17) is 5.11 Å². The summed E-state index contributed by atoms with van der Waals surface area (Å²) in [6.07, 6.45) is 2.00. The van der Waals surface area contributed by atoms with Crippen LogP contribution in [-0.2, 0) is 6.42 Å². The number of fused-ring (bicyclic) bond motifs is 1. The zero-order valence-corrected chi connectivity index (χ0v) is 15.2. The van der Waals surface area contributed by atoms with Crippen LogP contribution in [0.25, 0.3) is 11.3 Å². The number of H-pyrrole nitrogens is 1. The Balaban J connectivity index is 1.62. The van der Waals surface area contributed by atoms with E-state index in [0.717, 1.165) is 42.0 Å². The molecule has 2 N–H and O–H groups in total. The summed E-state index contributed by atoms with van der Waals surface area (Å²) in [5.74, 6) is 1.33. The van der Waals surface area contributed by atoms with Gasteiger partial charge in [0.15, 0.2) is 0 Å². The average molecular weight is 352 g/mol. The molecule has 136 valence electrons. The summed E-state index contributed by atoms with van der Waals surface area (Å²) in [5.41, 5.74) is 2.92. The Kier molecular flexibility index (Phi) is 4.10. The predicted molar refractivity (Wildman–Crippen MR) is 102 cm³/mol. The number of hydrogen-bond acceptors (Lipinski definition) is 3. The fourth-order valence-electron chi connectivity index (χ4n) is 4.57. The second-order valence-corrected chi connectivity index (χ2v) is 7.66. The molecule has 0 amide bonds. The number of aromatic carboxylic acids is 1. The van der Waals surface area contributed by atoms with Crippen molar-refractivity contribution < 1.29 is 9.90 Å². The van der Waals surface area contributed by atoms with E-state index in [2.05, 4.69) is 28.9 Å². The maximum Gasteiger partial charge on any atom is 0.341 e. The molecule has 2 aliphatic rings. The Labute approximate surface area is 152 Å². The SMILES string of the molecule is CCc1cc(C(=O)O)c(=O)[nH]c1-c1ccc(N2C[C@H]3C[C@@H](C)[C@H]3C2)cc1. The van der Waals surface area contributed by atoms with Gasteiger partial charge in [0.1, 0.15) is 5.56 Å². The number of nitrogens with zero attached hydrogens (tertiary/aromatic N) is 1. The Bertz CT molecular complexity index is 900. The van der Waals surface area contributed by atoms with E-state index in [1.165, 1.54) is 18.2 Å². The molecule has 4 rings (SSSR count). The summed E-state index contributed by atoms with van der Waals surface area (Å²) in [5, 5.41) is 9.15. The minimum absolute atomic E-state index is 0.205. The Morgan fingerprint density at radius 2 is 2.00 bits per heavy atom. The topological polar surface area (TPSA) is 73.4 Å². The van der Waals surface area contributed by atoms with E-state index in [-0.39, 0.29) is 5.56 Å². The lowest BCUT2D eigenvalue weighted by Gasteiger charge is -2.36. The van der Waals surface area contributed by atoms with Crippen LogP contribution in [0.4, 0.5) is 5.69 Å². The first kappa shape index (κ1) is 16.9. The Morgan fingerprint density at radius 1 is 1.27 bits per heavy atom. The number of aromatic amines is 1. The van der Waals surface area contributed by atoms with Crippen molar-refractivity contribution in [2.24, 2.45) is 17.8 Å². The molecule has 1 aromatic carbocycles. The third kappa shape index (κ3) is 2.71. The van der Waals surface area contributed by atoms with Crippen molar-refractivity contribution in [3.8, 4) is 11.3 Å². The lowest BCUT2D eigenvalue weighted by molar-refractivity contribution is 0.0695. The van der Waals surface area contributed by atoms with Crippen LogP contribution in [0.2, 0.25) is 0 Å². The molecule has 2 heterocycles. The van der Waals surface area contributed by atoms with Crippen LogP contribution in [0, 0.1) is 17.8 Å². The molecule has 0 bridgehead atoms. The summed E-state index contributed by atoms with van der Waals surface area (Å²) in [6, 6.07) is 9.74. The highest BCUT2D eigenvalue weighted by atomic mass is 16.4. The number of anilines is 1. The van der Waals surface area contributed by atoms with E-state index in [9.17, 15) is 9.59 Å². The maximum atomic E-state index is 12.1. The van der Waals surface area contributed by atoms with Gasteiger partial charge in [-0.1, -0.05) is 26.0 Å². The Morgan fingerprint density at radius 3 is 2.58 bits per heavy atom. The van der Waals surface area contributed by atoms with Crippen LogP contribution in [0.1, 0.15) is 36.2 Å². The first-order chi connectivity index (χ1) is 12.5. The average Bonchev–Trinajstić information content (AvgIpc) is 2.98. The normalized spacial score (nSPS) is 24.2. The van der Waals surface area contributed by atoms with Gasteiger partial charge in [-0.3, -0.25) is 4.79 Å². The number of aromatic nitrogens is 1. The highest BCUT2D eigenvalue weighted by molar-refractivity contribution is 5.88. The second-order valence-electron chi connectivity index (χ2n) is 7.66. The summed E-state index contributed by atoms with van der Waals surface area (Å²) >= 11 is 0. The second kappa shape index (κ2) is 6.31. The van der Waals surface area contributed by atoms with Crippen molar-refractivity contribution in [3.63, 3.8) is 0 Å². The molecule has 1 aliphatic heterocycles. The smallest absolute Gasteiger partial charge is 0.341 e. The van der Waals surface area contributed by atoms with Crippen molar-refractivity contribution in [3.05, 3.63) is 51.8 Å². The van der Waals surface area contributed by atoms with Crippen molar-refractivity contribution in [2.75, 3.05) is 18.0 Å². The van der Waals surface area contributed by atoms with Gasteiger partial charge in [0.05, 0.1) is 5.69 Å². The standard InChI is InChI=1S/C21H24N2O3/c1-3-13-9-17(21(25)26)20(24)22-19(13)14-4-6-16(7-5-14)23-10-15-8-12(2)18(15)11-23/h4-7,9,12,15,18H,3,8,10-11H2,1-2H3,(H,22,24)(H,25,26)/t12-,15-,18-/m1/s1. The molecule has 1 saturated carbocycles. The molecule has 1 saturated heterocycles. The number of aryl methyl sites for hydroxylation is 1. The summed E-state index contributed by atoms with van der Waals surface area (Å²) in [7, 11) is 0. The fraction of sp³-hybridized carbons (Fsp3) is 0.429. The number of pyridine rings is 1. The van der Waals surface area contributed by atoms with Gasteiger partial charge in [-0.15, -0.1) is 0 Å². The quantitative estimate of drug-likeness (QED) is 0.884. The van der Waals surface area contributed by atoms with Gasteiger partial charge in [-0.2, -0.15) is 0 Å². The number of carboxylic acids is 1. The van der Waals surface area contributed by atoms with Crippen LogP contribution in [0.3, 0.4) is 0 Å². The minimum Gasteiger partial charge on any atom is -0.477 e. The predicted octanol–water partition coefficient (Wildman–Crippen LogP) is 3.39. The largest absolute Gasteiger partial charge is 0.477 e. The van der Waals surface area contributed by atoms with Crippen LogP contribution < -0.4 is 10.5 Å². The van der Waals surface area contributed by atoms with Crippen molar-refractivity contribution >= 4 is 11.7 Å². The van der Waals surface area contributed by atoms with Crippen molar-refractivity contribution in [1.82, 2.24) is 4.98 Å². The summed E-state index contributed by atoms with van der Waals surface area (Å²) < 4.78 is 0. The minimum atomic E-state index is -1.19. The molecule has 5 nitrogen and oxygen atoms in total. The lowest BCUT2D eigenvalue weighted by Crippen LogP contribution is -2.33. The molecule has 5 heteroatoms. The molecule has 3 atom stereocenters. The van der Waals surface area contributed by atoms with E-state index in [0.29, 0.717) is 12.1 Å². The number of hydrogen-bond donors (Lipinski definition) is 2. The van der Waals surface area contributed by atoms with E-state index in [1.807, 2.05) is 19.1 Å². The number of nitrogens with one attached hydrogen (secondary N) is 1. The van der Waals surface area contributed by atoms with Crippen LogP contribution in [-0.4, -0.2) is 29.1 Å². The molecule has 26 heavy (non-hydrogen) atoms. The molecule has 2 aromatic rings. The van der Waals surface area contributed by atoms with Gasteiger partial charge in [0.25, 0.3) is 5.56 Å². The molecule has 1 aromatic heterocycles. The number of carboxylic acid groups (broad SMARTS) is 1. The molecule has 2 fully saturated rings. The summed E-state index contributed by atoms with van der Waals surface area (Å²) in [6.45, 7) is 6.57. The highest BCUT2D eigenvalue weighted by Crippen LogP contribution is 2.46. The van der Waals surface area contributed by atoms with Crippen LogP contribution >= 0.6 is 0 Å². The molecular weight excluding hydrogens is 328 g/mol. The zero-order chi connectivity index (χ0) is 18.4. The Hall–Kier alpha value is -2.56. The first-order valence-corrected chi connectivity index (χ1v) is 9.32. The monoisotopic (exact) mass is 352 g/mol. The van der Waals surface area contributed by atoms with E-state index < -0.39 is 11.5 Å². The van der Waals surface area contributed by atoms with Crippen molar-refractivity contribution in [1.29, 1.82) is 0 Å². The number of rotatable bonds is 4. The molecule has 0 radical (unpaired) electrons. The third-order valence-electron chi connectivity index (χ3n) is 6.15. The lowest BCUT2D eigenvalue weighted by atomic mass is 9.68. The number of benzene rings is 1. The highest BCUT2D eigenvalue weighted by Gasteiger charge is 2.44. The third-order valence-corrected chi connectivity index (χ3v) is 6.15. The van der Waals surface area contributed by atoms with Crippen molar-refractivity contribution in [2.45, 2.75) is 26.7 Å². The van der Waals surface area contributed by atoms with Gasteiger partial charge < -0.3 is 15.0 Å².